The van der Waals surface area contributed by atoms with Gasteiger partial charge in [0.2, 0.25) is 0 Å². The van der Waals surface area contributed by atoms with Crippen molar-refractivity contribution in [3.8, 4) is 11.5 Å². The maximum absolute atomic E-state index is 12.6. The molecular formula is C15H11F3N2O3. The average molecular weight is 324 g/mol. The normalized spacial score (nSPS) is 11.6. The Morgan fingerprint density at radius 2 is 1.87 bits per heavy atom. The second-order valence-electron chi connectivity index (χ2n) is 4.52. The summed E-state index contributed by atoms with van der Waals surface area (Å²) in [4.78, 5) is 11.8. The second-order valence-corrected chi connectivity index (χ2v) is 4.52. The van der Waals surface area contributed by atoms with Crippen LogP contribution >= 0.6 is 0 Å². The number of carbonyl (C=O) groups is 1. The van der Waals surface area contributed by atoms with Crippen LogP contribution in [0.4, 0.5) is 13.2 Å². The van der Waals surface area contributed by atoms with Gasteiger partial charge >= 0.3 is 6.18 Å². The van der Waals surface area contributed by atoms with Crippen LogP contribution in [0.25, 0.3) is 0 Å². The van der Waals surface area contributed by atoms with Gasteiger partial charge in [-0.2, -0.15) is 18.3 Å². The van der Waals surface area contributed by atoms with Gasteiger partial charge in [-0.1, -0.05) is 6.07 Å². The van der Waals surface area contributed by atoms with Crippen molar-refractivity contribution in [2.24, 2.45) is 5.10 Å². The molecule has 1 amide bonds. The molecule has 0 bridgehead atoms. The SMILES string of the molecule is O=C(N/N=C/c1cc(O)ccc1O)c1cccc(C(F)(F)F)c1. The van der Waals surface area contributed by atoms with E-state index in [0.717, 1.165) is 18.3 Å². The minimum atomic E-state index is -4.55. The van der Waals surface area contributed by atoms with Crippen molar-refractivity contribution in [2.45, 2.75) is 6.18 Å². The number of halogens is 3. The fourth-order valence-corrected chi connectivity index (χ4v) is 1.71. The first-order chi connectivity index (χ1) is 10.8. The van der Waals surface area contributed by atoms with E-state index in [2.05, 4.69) is 5.10 Å². The first-order valence-electron chi connectivity index (χ1n) is 6.30. The molecule has 0 spiro atoms. The number of amides is 1. The molecule has 8 heteroatoms. The predicted molar refractivity (Wildman–Crippen MR) is 76.3 cm³/mol. The highest BCUT2D eigenvalue weighted by molar-refractivity contribution is 5.95. The van der Waals surface area contributed by atoms with E-state index in [9.17, 15) is 28.2 Å². The molecule has 3 N–H and O–H groups in total. The Morgan fingerprint density at radius 1 is 1.13 bits per heavy atom. The van der Waals surface area contributed by atoms with E-state index in [-0.39, 0.29) is 22.6 Å². The molecule has 0 fully saturated rings. The molecule has 5 nitrogen and oxygen atoms in total. The lowest BCUT2D eigenvalue weighted by atomic mass is 10.1. The lowest BCUT2D eigenvalue weighted by molar-refractivity contribution is -0.137. The largest absolute Gasteiger partial charge is 0.508 e. The van der Waals surface area contributed by atoms with Crippen molar-refractivity contribution in [3.63, 3.8) is 0 Å². The van der Waals surface area contributed by atoms with Gasteiger partial charge in [-0.05, 0) is 36.4 Å². The highest BCUT2D eigenvalue weighted by atomic mass is 19.4. The number of aromatic hydroxyl groups is 2. The predicted octanol–water partition coefficient (Wildman–Crippen LogP) is 2.88. The minimum Gasteiger partial charge on any atom is -0.508 e. The number of hydrogen-bond donors (Lipinski definition) is 3. The smallest absolute Gasteiger partial charge is 0.416 e. The Labute approximate surface area is 128 Å². The monoisotopic (exact) mass is 324 g/mol. The van der Waals surface area contributed by atoms with Gasteiger partial charge in [0.25, 0.3) is 5.91 Å². The van der Waals surface area contributed by atoms with Gasteiger partial charge in [-0.25, -0.2) is 5.43 Å². The van der Waals surface area contributed by atoms with Crippen LogP contribution in [-0.2, 0) is 6.18 Å². The molecular weight excluding hydrogens is 313 g/mol. The van der Waals surface area contributed by atoms with Crippen molar-refractivity contribution in [1.29, 1.82) is 0 Å². The number of rotatable bonds is 3. The van der Waals surface area contributed by atoms with Crippen LogP contribution in [0.5, 0.6) is 11.5 Å². The molecule has 0 unspecified atom stereocenters. The average Bonchev–Trinajstić information content (AvgIpc) is 2.50. The summed E-state index contributed by atoms with van der Waals surface area (Å²) < 4.78 is 37.7. The fourth-order valence-electron chi connectivity index (χ4n) is 1.71. The summed E-state index contributed by atoms with van der Waals surface area (Å²) in [6.07, 6.45) is -3.49. The Bertz CT molecular complexity index is 758. The molecule has 0 aliphatic carbocycles. The number of nitrogens with zero attached hydrogens (tertiary/aromatic N) is 1. The summed E-state index contributed by atoms with van der Waals surface area (Å²) in [5, 5.41) is 22.3. The van der Waals surface area contributed by atoms with Gasteiger partial charge in [-0.3, -0.25) is 4.79 Å². The van der Waals surface area contributed by atoms with Crippen molar-refractivity contribution in [3.05, 3.63) is 59.2 Å². The second kappa shape index (κ2) is 6.39. The van der Waals surface area contributed by atoms with Gasteiger partial charge in [0, 0.05) is 11.1 Å². The Morgan fingerprint density at radius 3 is 2.57 bits per heavy atom. The lowest BCUT2D eigenvalue weighted by Crippen LogP contribution is -2.18. The number of hydrogen-bond acceptors (Lipinski definition) is 4. The number of alkyl halides is 3. The molecule has 23 heavy (non-hydrogen) atoms. The number of nitrogens with one attached hydrogen (secondary N) is 1. The van der Waals surface area contributed by atoms with Gasteiger partial charge in [0.05, 0.1) is 11.8 Å². The van der Waals surface area contributed by atoms with Crippen LogP contribution in [0, 0.1) is 0 Å². The molecule has 0 radical (unpaired) electrons. The van der Waals surface area contributed by atoms with Crippen molar-refractivity contribution in [2.75, 3.05) is 0 Å². The maximum atomic E-state index is 12.6. The van der Waals surface area contributed by atoms with E-state index in [1.54, 1.807) is 0 Å². The van der Waals surface area contributed by atoms with Crippen molar-refractivity contribution >= 4 is 12.1 Å². The van der Waals surface area contributed by atoms with Crippen LogP contribution in [0.1, 0.15) is 21.5 Å². The summed E-state index contributed by atoms with van der Waals surface area (Å²) in [5.41, 5.74) is 1.02. The number of phenolic OH excluding ortho intramolecular Hbond substituents is 2. The Hall–Kier alpha value is -3.03. The zero-order valence-electron chi connectivity index (χ0n) is 11.5. The van der Waals surface area contributed by atoms with E-state index >= 15 is 0 Å². The first kappa shape index (κ1) is 16.3. The number of phenols is 2. The summed E-state index contributed by atoms with van der Waals surface area (Å²) in [6.45, 7) is 0. The molecule has 120 valence electrons. The van der Waals surface area contributed by atoms with Crippen LogP contribution in [-0.4, -0.2) is 22.3 Å². The number of carbonyl (C=O) groups excluding carboxylic acids is 1. The molecule has 0 aromatic heterocycles. The highest BCUT2D eigenvalue weighted by Gasteiger charge is 2.30. The van der Waals surface area contributed by atoms with Gasteiger partial charge in [0.15, 0.2) is 0 Å². The van der Waals surface area contributed by atoms with Gasteiger partial charge in [-0.15, -0.1) is 0 Å². The zero-order chi connectivity index (χ0) is 17.0. The first-order valence-corrected chi connectivity index (χ1v) is 6.30. The molecule has 0 atom stereocenters. The number of hydrazone groups is 1. The Kier molecular flexibility index (Phi) is 4.54. The van der Waals surface area contributed by atoms with Crippen LogP contribution in [0.15, 0.2) is 47.6 Å². The molecule has 0 saturated heterocycles. The molecule has 0 aliphatic heterocycles. The minimum absolute atomic E-state index is 0.117. The quantitative estimate of drug-likeness (QED) is 0.461. The van der Waals surface area contributed by atoms with Crippen LogP contribution < -0.4 is 5.43 Å². The fraction of sp³-hybridized carbons (Fsp3) is 0.0667. The van der Waals surface area contributed by atoms with Gasteiger partial charge < -0.3 is 10.2 Å². The van der Waals surface area contributed by atoms with Gasteiger partial charge in [0.1, 0.15) is 11.5 Å². The van der Waals surface area contributed by atoms with E-state index < -0.39 is 17.6 Å². The maximum Gasteiger partial charge on any atom is 0.416 e. The number of benzene rings is 2. The standard InChI is InChI=1S/C15H11F3N2O3/c16-15(17,18)11-3-1-2-9(6-11)14(23)20-19-8-10-7-12(21)4-5-13(10)22/h1-8,21-22H,(H,20,23)/b19-8+. The highest BCUT2D eigenvalue weighted by Crippen LogP contribution is 2.29. The molecule has 2 aromatic rings. The van der Waals surface area contributed by atoms with Crippen LogP contribution in [0.2, 0.25) is 0 Å². The molecule has 0 heterocycles. The molecule has 2 rings (SSSR count). The van der Waals surface area contributed by atoms with E-state index in [4.69, 9.17) is 0 Å². The van der Waals surface area contributed by atoms with E-state index in [1.165, 1.54) is 24.3 Å². The summed E-state index contributed by atoms with van der Waals surface area (Å²) in [6, 6.07) is 7.57. The van der Waals surface area contributed by atoms with Crippen molar-refractivity contribution in [1.82, 2.24) is 5.43 Å². The summed E-state index contributed by atoms with van der Waals surface area (Å²) >= 11 is 0. The summed E-state index contributed by atoms with van der Waals surface area (Å²) in [5.74, 6) is -1.14. The zero-order valence-corrected chi connectivity index (χ0v) is 11.5. The Balaban J connectivity index is 2.11. The molecule has 0 saturated carbocycles. The van der Waals surface area contributed by atoms with Crippen molar-refractivity contribution < 1.29 is 28.2 Å². The third kappa shape index (κ3) is 4.22. The third-order valence-electron chi connectivity index (χ3n) is 2.83. The van der Waals surface area contributed by atoms with Crippen LogP contribution in [0.3, 0.4) is 0 Å². The summed E-state index contributed by atoms with van der Waals surface area (Å²) in [7, 11) is 0. The van der Waals surface area contributed by atoms with E-state index in [0.29, 0.717) is 6.07 Å². The molecule has 2 aromatic carbocycles. The topological polar surface area (TPSA) is 81.9 Å². The van der Waals surface area contributed by atoms with E-state index in [1.807, 2.05) is 5.43 Å². The molecule has 0 aliphatic rings. The lowest BCUT2D eigenvalue weighted by Gasteiger charge is -2.07. The third-order valence-corrected chi connectivity index (χ3v) is 2.83.